The highest BCUT2D eigenvalue weighted by Crippen LogP contribution is 2.32. The fourth-order valence-corrected chi connectivity index (χ4v) is 9.15. The van der Waals surface area contributed by atoms with Gasteiger partial charge in [0.25, 0.3) is 22.9 Å². The number of imide groups is 1. The van der Waals surface area contributed by atoms with Crippen molar-refractivity contribution in [1.29, 1.82) is 0 Å². The summed E-state index contributed by atoms with van der Waals surface area (Å²) in [7, 11) is 0. The van der Waals surface area contributed by atoms with Gasteiger partial charge < -0.3 is 35.3 Å². The molecule has 5 N–H and O–H groups in total. The van der Waals surface area contributed by atoms with E-state index in [2.05, 4.69) is 108 Å². The van der Waals surface area contributed by atoms with Gasteiger partial charge in [0.15, 0.2) is 0 Å². The molecule has 5 aliphatic heterocycles. The lowest BCUT2D eigenvalue weighted by Gasteiger charge is -2.22. The molecule has 0 aliphatic carbocycles. The highest BCUT2D eigenvalue weighted by atomic mass is 16.7. The number of likely N-dealkylation sites (tertiary alicyclic amines) is 2. The minimum absolute atomic E-state index is 0. The second-order valence-corrected chi connectivity index (χ2v) is 18.2. The maximum atomic E-state index is 12.5. The van der Waals surface area contributed by atoms with Crippen LogP contribution in [0.1, 0.15) is 106 Å². The highest BCUT2D eigenvalue weighted by molar-refractivity contribution is 6.01. The summed E-state index contributed by atoms with van der Waals surface area (Å²) in [5.41, 5.74) is 8.07. The first-order chi connectivity index (χ1) is 32.9. The van der Waals surface area contributed by atoms with E-state index in [9.17, 15) is 28.8 Å². The number of aromatic nitrogens is 6. The van der Waals surface area contributed by atoms with Crippen LogP contribution in [0, 0.1) is 23.7 Å². The summed E-state index contributed by atoms with van der Waals surface area (Å²) < 4.78 is 10.4. The fraction of sp³-hybridized carbons (Fsp3) is 0.551. The molecule has 0 radical (unpaired) electrons. The molecule has 0 spiro atoms. The van der Waals surface area contributed by atoms with E-state index >= 15 is 0 Å². The van der Waals surface area contributed by atoms with Crippen molar-refractivity contribution < 1.29 is 33.5 Å². The molecule has 4 aromatic rings. The lowest BCUT2D eigenvalue weighted by Crippen LogP contribution is -2.36. The van der Waals surface area contributed by atoms with Crippen molar-refractivity contribution >= 4 is 23.7 Å². The smallest absolute Gasteiger partial charge is 0.336 e. The van der Waals surface area contributed by atoms with Gasteiger partial charge in [0.1, 0.15) is 23.0 Å². The highest BCUT2D eigenvalue weighted by Gasteiger charge is 2.36. The number of nitrogens with one attached hydrogen (secondary N) is 3. The number of carbonyl (C=O) groups excluding carboxylic acids is 4. The molecule has 9 rings (SSSR count). The van der Waals surface area contributed by atoms with Crippen LogP contribution in [0.2, 0.25) is 0 Å². The number of H-pyrrole nitrogens is 2. The van der Waals surface area contributed by atoms with Gasteiger partial charge in [-0.2, -0.15) is 0 Å². The zero-order valence-corrected chi connectivity index (χ0v) is 38.8. The molecule has 3 amide bonds. The lowest BCUT2D eigenvalue weighted by atomic mass is 9.97. The minimum Gasteiger partial charge on any atom is -0.381 e. The molecule has 5 aliphatic rings. The quantitative estimate of drug-likeness (QED) is 0.149. The molecule has 5 saturated heterocycles. The summed E-state index contributed by atoms with van der Waals surface area (Å²) >= 11 is 0. The number of hydroxylamine groups is 2. The number of aromatic amines is 2. The van der Waals surface area contributed by atoms with Crippen LogP contribution in [0.15, 0.2) is 70.3 Å². The van der Waals surface area contributed by atoms with Crippen LogP contribution in [0.25, 0.3) is 0 Å². The zero-order valence-electron chi connectivity index (χ0n) is 38.8. The van der Waals surface area contributed by atoms with Crippen molar-refractivity contribution in [3.63, 3.8) is 0 Å². The summed E-state index contributed by atoms with van der Waals surface area (Å²) in [6.45, 7) is 12.3. The maximum absolute atomic E-state index is 12.5. The average Bonchev–Trinajstić information content (AvgIpc) is 4.03. The van der Waals surface area contributed by atoms with Gasteiger partial charge in [-0.15, -0.1) is 25.5 Å². The summed E-state index contributed by atoms with van der Waals surface area (Å²) in [6.07, 6.45) is 2.83. The van der Waals surface area contributed by atoms with Gasteiger partial charge in [-0.3, -0.25) is 33.8 Å². The van der Waals surface area contributed by atoms with E-state index in [0.29, 0.717) is 80.7 Å². The first-order valence-electron chi connectivity index (χ1n) is 23.6. The number of rotatable bonds is 12. The van der Waals surface area contributed by atoms with Gasteiger partial charge >= 0.3 is 5.97 Å². The molecule has 69 heavy (non-hydrogen) atoms. The molecule has 372 valence electrons. The molecular formula is C49H67N11O9. The van der Waals surface area contributed by atoms with Crippen molar-refractivity contribution in [2.75, 3.05) is 52.6 Å². The second kappa shape index (κ2) is 25.5. The van der Waals surface area contributed by atoms with E-state index in [0.717, 1.165) is 39.3 Å². The summed E-state index contributed by atoms with van der Waals surface area (Å²) in [4.78, 5) is 86.0. The first kappa shape index (κ1) is 52.3. The van der Waals surface area contributed by atoms with E-state index in [1.165, 1.54) is 11.1 Å². The fourth-order valence-electron chi connectivity index (χ4n) is 9.15. The van der Waals surface area contributed by atoms with Crippen LogP contribution in [0.3, 0.4) is 0 Å². The standard InChI is InChI=1S/C22H29N5O3.C16H21N5O.C10H13NO5.CH4/c1-15-12-27(13-16-5-3-2-4-6-16)14-18(15)20-24-22(29)19(25-26-20)11-23-21(28)17-7-9-30-10-8-17;1-11-8-21(9-12-5-3-2-4-6-12)10-13(11)15-18-16(22)14(7-17)19-20-15;12-8-1-2-9(13)11(8)16-10(14)7-3-5-15-6-4-7;/h2-6,15,17-18H,7-14H2,1H3,(H,23,28)(H,24,26,29);2-6,11,13H,7-10,17H2,1H3,(H,18,20,22);7H,1-6H2;1H4/t15-,18?;11-,13?;;/m11../s1. The van der Waals surface area contributed by atoms with Crippen LogP contribution in [-0.4, -0.2) is 122 Å². The number of hydrogen-bond donors (Lipinski definition) is 4. The summed E-state index contributed by atoms with van der Waals surface area (Å²) in [5, 5.41) is 20.0. The molecule has 20 nitrogen and oxygen atoms in total. The van der Waals surface area contributed by atoms with Crippen LogP contribution >= 0.6 is 0 Å². The maximum Gasteiger partial charge on any atom is 0.336 e. The molecule has 4 atom stereocenters. The predicted molar refractivity (Wildman–Crippen MR) is 253 cm³/mol. The van der Waals surface area contributed by atoms with Gasteiger partial charge in [0.2, 0.25) is 5.91 Å². The summed E-state index contributed by atoms with van der Waals surface area (Å²) in [6, 6.07) is 20.8. The molecule has 0 saturated carbocycles. The van der Waals surface area contributed by atoms with Gasteiger partial charge in [0.05, 0.1) is 12.5 Å². The number of nitrogens with two attached hydrogens (primary N) is 1. The van der Waals surface area contributed by atoms with Gasteiger partial charge in [-0.1, -0.05) is 81.9 Å². The molecular weight excluding hydrogens is 887 g/mol. The Kier molecular flexibility index (Phi) is 19.3. The van der Waals surface area contributed by atoms with Gasteiger partial charge in [0, 0.05) is 103 Å². The minimum atomic E-state index is -0.507. The SMILES string of the molecule is C.C[C@@H]1CN(Cc2ccccc2)CC1c1nnc(CN)c(=O)[nH]1.C[C@@H]1CN(Cc2ccccc2)CC1c1nnc(CNC(=O)C2CCOCC2)c(=O)[nH]1.O=C(ON1C(=O)CCC1=O)C1CCOCC1. The first-order valence-corrected chi connectivity index (χ1v) is 23.6. The Balaban J connectivity index is 0.000000177. The van der Waals surface area contributed by atoms with Crippen molar-refractivity contribution in [2.45, 2.75) is 97.8 Å². The van der Waals surface area contributed by atoms with Crippen LogP contribution in [0.5, 0.6) is 0 Å². The topological polar surface area (TPSA) is 261 Å². The number of carbonyl (C=O) groups is 4. The van der Waals surface area contributed by atoms with E-state index in [1.54, 1.807) is 0 Å². The number of ether oxygens (including phenoxy) is 2. The summed E-state index contributed by atoms with van der Waals surface area (Å²) in [5.74, 6) is 0.681. The van der Waals surface area contributed by atoms with Crippen LogP contribution < -0.4 is 22.2 Å². The van der Waals surface area contributed by atoms with Crippen molar-refractivity contribution in [1.82, 2.24) is 50.5 Å². The molecule has 2 unspecified atom stereocenters. The number of benzene rings is 2. The van der Waals surface area contributed by atoms with E-state index < -0.39 is 17.8 Å². The monoisotopic (exact) mass is 954 g/mol. The van der Waals surface area contributed by atoms with Gasteiger partial charge in [-0.25, -0.2) is 4.79 Å². The van der Waals surface area contributed by atoms with E-state index in [4.69, 9.17) is 20.0 Å². The number of nitrogens with zero attached hydrogens (tertiary/aromatic N) is 7. The predicted octanol–water partition coefficient (Wildman–Crippen LogP) is 2.96. The Morgan fingerprint density at radius 2 is 1.12 bits per heavy atom. The third-order valence-corrected chi connectivity index (χ3v) is 13.1. The largest absolute Gasteiger partial charge is 0.381 e. The Morgan fingerprint density at radius 3 is 1.57 bits per heavy atom. The van der Waals surface area contributed by atoms with Gasteiger partial charge in [-0.05, 0) is 48.6 Å². The normalized spacial score (nSPS) is 22.2. The molecule has 2 aromatic heterocycles. The van der Waals surface area contributed by atoms with Crippen LogP contribution in [0.4, 0.5) is 0 Å². The second-order valence-electron chi connectivity index (χ2n) is 18.2. The number of amides is 3. The molecule has 0 bridgehead atoms. The Hall–Kier alpha value is -6.06. The zero-order chi connectivity index (χ0) is 48.0. The van der Waals surface area contributed by atoms with Crippen molar-refractivity contribution in [3.8, 4) is 0 Å². The third kappa shape index (κ3) is 14.5. The molecule has 2 aromatic carbocycles. The average molecular weight is 954 g/mol. The third-order valence-electron chi connectivity index (χ3n) is 13.1. The Bertz CT molecular complexity index is 2410. The molecule has 20 heteroatoms. The van der Waals surface area contributed by atoms with Crippen LogP contribution in [-0.2, 0) is 59.7 Å². The Labute approximate surface area is 402 Å². The van der Waals surface area contributed by atoms with Crippen molar-refractivity contribution in [3.05, 3.63) is 116 Å². The van der Waals surface area contributed by atoms with Crippen molar-refractivity contribution in [2.24, 2.45) is 29.4 Å². The van der Waals surface area contributed by atoms with E-state index in [1.807, 2.05) is 12.1 Å². The Morgan fingerprint density at radius 1 is 0.667 bits per heavy atom. The number of hydrogen-bond acceptors (Lipinski definition) is 16. The molecule has 7 heterocycles. The van der Waals surface area contributed by atoms with E-state index in [-0.39, 0.29) is 85.4 Å². The lowest BCUT2D eigenvalue weighted by molar-refractivity contribution is -0.202. The molecule has 5 fully saturated rings.